The SMILES string of the molecule is NCC(C(=O)O)c1cc(Cl)c2c(c1)OCO2. The summed E-state index contributed by atoms with van der Waals surface area (Å²) in [6.45, 7) is 0.101. The van der Waals surface area contributed by atoms with Gasteiger partial charge in [0.25, 0.3) is 0 Å². The van der Waals surface area contributed by atoms with Gasteiger partial charge in [0, 0.05) is 6.54 Å². The summed E-state index contributed by atoms with van der Waals surface area (Å²) in [4.78, 5) is 10.9. The molecular weight excluding hydrogens is 234 g/mol. The summed E-state index contributed by atoms with van der Waals surface area (Å²) < 4.78 is 10.3. The van der Waals surface area contributed by atoms with Crippen LogP contribution in [0.1, 0.15) is 11.5 Å². The monoisotopic (exact) mass is 243 g/mol. The van der Waals surface area contributed by atoms with Gasteiger partial charge in [-0.15, -0.1) is 0 Å². The van der Waals surface area contributed by atoms with Crippen LogP contribution in [0.25, 0.3) is 0 Å². The Labute approximate surface area is 96.7 Å². The van der Waals surface area contributed by atoms with E-state index in [-0.39, 0.29) is 13.3 Å². The zero-order valence-corrected chi connectivity index (χ0v) is 9.03. The van der Waals surface area contributed by atoms with Gasteiger partial charge in [-0.2, -0.15) is 0 Å². The molecule has 1 aliphatic rings. The number of rotatable bonds is 3. The summed E-state index contributed by atoms with van der Waals surface area (Å²) in [7, 11) is 0. The Bertz CT molecular complexity index is 435. The molecule has 1 aromatic rings. The third-order valence-electron chi connectivity index (χ3n) is 2.39. The first-order valence-electron chi connectivity index (χ1n) is 4.65. The van der Waals surface area contributed by atoms with E-state index < -0.39 is 11.9 Å². The van der Waals surface area contributed by atoms with Gasteiger partial charge in [0.1, 0.15) is 0 Å². The Kier molecular flexibility index (Phi) is 2.89. The van der Waals surface area contributed by atoms with Crippen LogP contribution in [0.15, 0.2) is 12.1 Å². The van der Waals surface area contributed by atoms with E-state index in [1.54, 1.807) is 12.1 Å². The maximum Gasteiger partial charge on any atom is 0.312 e. The number of nitrogens with two attached hydrogens (primary N) is 1. The minimum atomic E-state index is -0.988. The van der Waals surface area contributed by atoms with Crippen LogP contribution in [-0.2, 0) is 4.79 Å². The smallest absolute Gasteiger partial charge is 0.312 e. The number of hydrogen-bond acceptors (Lipinski definition) is 4. The molecular formula is C10H10ClNO4. The van der Waals surface area contributed by atoms with E-state index in [1.807, 2.05) is 0 Å². The Balaban J connectivity index is 2.43. The molecule has 0 bridgehead atoms. The fourth-order valence-electron chi connectivity index (χ4n) is 1.57. The fourth-order valence-corrected chi connectivity index (χ4v) is 1.84. The summed E-state index contributed by atoms with van der Waals surface area (Å²) in [6.07, 6.45) is 0. The van der Waals surface area contributed by atoms with Crippen LogP contribution in [0.4, 0.5) is 0 Å². The van der Waals surface area contributed by atoms with Crippen molar-refractivity contribution >= 4 is 17.6 Å². The van der Waals surface area contributed by atoms with Crippen molar-refractivity contribution in [2.75, 3.05) is 13.3 Å². The molecule has 3 N–H and O–H groups in total. The van der Waals surface area contributed by atoms with Crippen LogP contribution < -0.4 is 15.2 Å². The van der Waals surface area contributed by atoms with E-state index in [0.717, 1.165) is 0 Å². The Morgan fingerprint density at radius 1 is 1.56 bits per heavy atom. The van der Waals surface area contributed by atoms with Crippen molar-refractivity contribution in [3.8, 4) is 11.5 Å². The lowest BCUT2D eigenvalue weighted by atomic mass is 9.99. The van der Waals surface area contributed by atoms with Crippen molar-refractivity contribution in [1.29, 1.82) is 0 Å². The number of aliphatic carboxylic acids is 1. The maximum atomic E-state index is 10.9. The third-order valence-corrected chi connectivity index (χ3v) is 2.67. The molecule has 1 unspecified atom stereocenters. The molecule has 0 spiro atoms. The number of benzene rings is 1. The number of carbonyl (C=O) groups is 1. The van der Waals surface area contributed by atoms with Gasteiger partial charge in [-0.25, -0.2) is 0 Å². The summed E-state index contributed by atoms with van der Waals surface area (Å²) in [5.41, 5.74) is 5.92. The molecule has 16 heavy (non-hydrogen) atoms. The lowest BCUT2D eigenvalue weighted by Gasteiger charge is -2.11. The molecule has 1 atom stereocenters. The second-order valence-corrected chi connectivity index (χ2v) is 3.77. The topological polar surface area (TPSA) is 81.8 Å². The molecule has 2 rings (SSSR count). The van der Waals surface area contributed by atoms with Crippen LogP contribution in [0, 0.1) is 0 Å². The van der Waals surface area contributed by atoms with Gasteiger partial charge in [0.15, 0.2) is 11.5 Å². The number of fused-ring (bicyclic) bond motifs is 1. The average molecular weight is 244 g/mol. The van der Waals surface area contributed by atoms with Crippen LogP contribution in [0.2, 0.25) is 5.02 Å². The standard InChI is InChI=1S/C10H10ClNO4/c11-7-1-5(6(3-12)10(13)14)2-8-9(7)16-4-15-8/h1-2,6H,3-4,12H2,(H,13,14). The summed E-state index contributed by atoms with van der Waals surface area (Å²) >= 11 is 5.94. The van der Waals surface area contributed by atoms with Crippen molar-refractivity contribution in [3.63, 3.8) is 0 Å². The second-order valence-electron chi connectivity index (χ2n) is 3.36. The third kappa shape index (κ3) is 1.79. The maximum absolute atomic E-state index is 10.9. The van der Waals surface area contributed by atoms with Gasteiger partial charge in [-0.1, -0.05) is 11.6 Å². The molecule has 0 saturated carbocycles. The van der Waals surface area contributed by atoms with Gasteiger partial charge in [0.2, 0.25) is 6.79 Å². The molecule has 0 amide bonds. The van der Waals surface area contributed by atoms with Crippen molar-refractivity contribution in [2.24, 2.45) is 5.73 Å². The van der Waals surface area contributed by atoms with Gasteiger partial charge in [-0.05, 0) is 17.7 Å². The van der Waals surface area contributed by atoms with Gasteiger partial charge in [-0.3, -0.25) is 4.79 Å². The van der Waals surface area contributed by atoms with Crippen molar-refractivity contribution in [3.05, 3.63) is 22.7 Å². The predicted octanol–water partition coefficient (Wildman–Crippen LogP) is 1.20. The Morgan fingerprint density at radius 2 is 2.31 bits per heavy atom. The molecule has 86 valence electrons. The minimum absolute atomic E-state index is 0.00526. The molecule has 0 aliphatic carbocycles. The van der Waals surface area contributed by atoms with E-state index >= 15 is 0 Å². The quantitative estimate of drug-likeness (QED) is 0.834. The summed E-state index contributed by atoms with van der Waals surface area (Å²) in [6, 6.07) is 3.14. The summed E-state index contributed by atoms with van der Waals surface area (Å²) in [5, 5.41) is 9.31. The second kappa shape index (κ2) is 4.19. The van der Waals surface area contributed by atoms with E-state index in [9.17, 15) is 4.79 Å². The van der Waals surface area contributed by atoms with Crippen LogP contribution in [-0.4, -0.2) is 24.4 Å². The number of ether oxygens (including phenoxy) is 2. The number of halogens is 1. The Hall–Kier alpha value is -1.46. The normalized spacial score (nSPS) is 14.9. The van der Waals surface area contributed by atoms with E-state index in [1.165, 1.54) is 0 Å². The lowest BCUT2D eigenvalue weighted by molar-refractivity contribution is -0.138. The number of carboxylic acids is 1. The molecule has 1 heterocycles. The van der Waals surface area contributed by atoms with Crippen molar-refractivity contribution in [2.45, 2.75) is 5.92 Å². The first-order chi connectivity index (χ1) is 7.63. The lowest BCUT2D eigenvalue weighted by Crippen LogP contribution is -2.21. The van der Waals surface area contributed by atoms with Crippen LogP contribution in [0.3, 0.4) is 0 Å². The fraction of sp³-hybridized carbons (Fsp3) is 0.300. The molecule has 1 aliphatic heterocycles. The predicted molar refractivity (Wildman–Crippen MR) is 57.0 cm³/mol. The highest BCUT2D eigenvalue weighted by molar-refractivity contribution is 6.32. The van der Waals surface area contributed by atoms with Crippen LogP contribution >= 0.6 is 11.6 Å². The van der Waals surface area contributed by atoms with E-state index in [0.29, 0.717) is 22.1 Å². The van der Waals surface area contributed by atoms with Crippen molar-refractivity contribution < 1.29 is 19.4 Å². The zero-order valence-electron chi connectivity index (χ0n) is 8.27. The number of carboxylic acid groups (broad SMARTS) is 1. The Morgan fingerprint density at radius 3 is 2.94 bits per heavy atom. The molecule has 0 saturated heterocycles. The number of hydrogen-bond donors (Lipinski definition) is 2. The largest absolute Gasteiger partial charge is 0.481 e. The summed E-state index contributed by atoms with van der Waals surface area (Å²) in [5.74, 6) is -0.863. The highest BCUT2D eigenvalue weighted by Crippen LogP contribution is 2.41. The zero-order chi connectivity index (χ0) is 11.7. The van der Waals surface area contributed by atoms with Crippen molar-refractivity contribution in [1.82, 2.24) is 0 Å². The molecule has 0 radical (unpaired) electrons. The van der Waals surface area contributed by atoms with Crippen LogP contribution in [0.5, 0.6) is 11.5 Å². The molecule has 0 fully saturated rings. The first-order valence-corrected chi connectivity index (χ1v) is 5.03. The molecule has 1 aromatic carbocycles. The highest BCUT2D eigenvalue weighted by Gasteiger charge is 2.24. The van der Waals surface area contributed by atoms with E-state index in [2.05, 4.69) is 0 Å². The van der Waals surface area contributed by atoms with Gasteiger partial charge < -0.3 is 20.3 Å². The van der Waals surface area contributed by atoms with Gasteiger partial charge in [0.05, 0.1) is 10.9 Å². The molecule has 6 heteroatoms. The minimum Gasteiger partial charge on any atom is -0.481 e. The molecule has 5 nitrogen and oxygen atoms in total. The molecule has 0 aromatic heterocycles. The van der Waals surface area contributed by atoms with E-state index in [4.69, 9.17) is 31.9 Å². The first kappa shape index (κ1) is 11.0. The highest BCUT2D eigenvalue weighted by atomic mass is 35.5. The van der Waals surface area contributed by atoms with Gasteiger partial charge >= 0.3 is 5.97 Å². The average Bonchev–Trinajstić information content (AvgIpc) is 2.66.